The van der Waals surface area contributed by atoms with Crippen molar-refractivity contribution in [1.29, 1.82) is 0 Å². The minimum Gasteiger partial charge on any atom is -0.457 e. The van der Waals surface area contributed by atoms with Crippen LogP contribution in [0.15, 0.2) is 82.6 Å². The molecule has 0 radical (unpaired) electrons. The Hall–Kier alpha value is -3.04. The summed E-state index contributed by atoms with van der Waals surface area (Å²) in [4.78, 5) is 0.0237. The van der Waals surface area contributed by atoms with E-state index in [1.807, 2.05) is 31.3 Å². The Labute approximate surface area is 170 Å². The van der Waals surface area contributed by atoms with Gasteiger partial charge >= 0.3 is 0 Å². The average molecular weight is 433 g/mol. The molecule has 3 rings (SSSR count). The Bertz CT molecular complexity index is 1190. The molecule has 0 amide bonds. The minimum atomic E-state index is -3.85. The van der Waals surface area contributed by atoms with Gasteiger partial charge in [-0.2, -0.15) is 0 Å². The molecule has 9 heteroatoms. The topological polar surface area (TPSA) is 102 Å². The van der Waals surface area contributed by atoms with Crippen LogP contribution in [0.1, 0.15) is 0 Å². The van der Waals surface area contributed by atoms with E-state index >= 15 is 0 Å². The standard InChI is InChI=1S/C20H20N2O5S2/c1-21-15-3-7-17(8-4-15)27-18-9-5-16(6-10-18)22-29(25,26)20-13-11-19(12-14-20)28(2,23)24/h3-14,21-22H,1-2H3. The first-order valence-electron chi connectivity index (χ1n) is 8.56. The van der Waals surface area contributed by atoms with Crippen molar-refractivity contribution in [3.8, 4) is 11.5 Å². The molecular formula is C20H20N2O5S2. The molecule has 0 aliphatic rings. The van der Waals surface area contributed by atoms with Crippen LogP contribution < -0.4 is 14.8 Å². The number of hydrogen-bond acceptors (Lipinski definition) is 6. The molecule has 0 saturated heterocycles. The predicted octanol–water partition coefficient (Wildman–Crippen LogP) is 3.72. The van der Waals surface area contributed by atoms with E-state index in [9.17, 15) is 16.8 Å². The zero-order valence-corrected chi connectivity index (χ0v) is 17.4. The Kier molecular flexibility index (Phi) is 5.81. The first-order chi connectivity index (χ1) is 13.7. The highest BCUT2D eigenvalue weighted by Crippen LogP contribution is 2.25. The molecule has 3 aromatic carbocycles. The van der Waals surface area contributed by atoms with Gasteiger partial charge in [0.05, 0.1) is 9.79 Å². The fraction of sp³-hybridized carbons (Fsp3) is 0.100. The second-order valence-corrected chi connectivity index (χ2v) is 9.95. The number of rotatable bonds is 7. The molecule has 152 valence electrons. The van der Waals surface area contributed by atoms with Crippen LogP contribution in [-0.2, 0) is 19.9 Å². The zero-order valence-electron chi connectivity index (χ0n) is 15.8. The number of benzene rings is 3. The van der Waals surface area contributed by atoms with Gasteiger partial charge < -0.3 is 10.1 Å². The number of sulfone groups is 1. The zero-order chi connectivity index (χ0) is 21.1. The van der Waals surface area contributed by atoms with E-state index in [1.54, 1.807) is 24.3 Å². The quantitative estimate of drug-likeness (QED) is 0.590. The van der Waals surface area contributed by atoms with Crippen LogP contribution in [0.2, 0.25) is 0 Å². The van der Waals surface area contributed by atoms with Crippen LogP contribution in [0.3, 0.4) is 0 Å². The molecule has 2 N–H and O–H groups in total. The van der Waals surface area contributed by atoms with E-state index in [4.69, 9.17) is 4.74 Å². The lowest BCUT2D eigenvalue weighted by Gasteiger charge is -2.10. The van der Waals surface area contributed by atoms with Gasteiger partial charge in [-0.25, -0.2) is 16.8 Å². The molecule has 3 aromatic rings. The van der Waals surface area contributed by atoms with Gasteiger partial charge in [-0.05, 0) is 72.8 Å². The smallest absolute Gasteiger partial charge is 0.261 e. The molecule has 7 nitrogen and oxygen atoms in total. The lowest BCUT2D eigenvalue weighted by Crippen LogP contribution is -2.13. The summed E-state index contributed by atoms with van der Waals surface area (Å²) < 4.78 is 56.2. The molecule has 0 aromatic heterocycles. The van der Waals surface area contributed by atoms with Crippen LogP contribution >= 0.6 is 0 Å². The van der Waals surface area contributed by atoms with Gasteiger partial charge in [0.15, 0.2) is 9.84 Å². The van der Waals surface area contributed by atoms with E-state index in [-0.39, 0.29) is 9.79 Å². The number of ether oxygens (including phenoxy) is 1. The van der Waals surface area contributed by atoms with E-state index < -0.39 is 19.9 Å². The fourth-order valence-corrected chi connectivity index (χ4v) is 4.19. The third-order valence-corrected chi connectivity index (χ3v) is 6.57. The molecule has 0 aliphatic carbocycles. The third kappa shape index (κ3) is 5.27. The Morgan fingerprint density at radius 3 is 1.55 bits per heavy atom. The molecule has 0 unspecified atom stereocenters. The molecule has 0 fully saturated rings. The predicted molar refractivity (Wildman–Crippen MR) is 113 cm³/mol. The summed E-state index contributed by atoms with van der Waals surface area (Å²) in [6.45, 7) is 0. The highest BCUT2D eigenvalue weighted by molar-refractivity contribution is 7.92. The van der Waals surface area contributed by atoms with Crippen LogP contribution in [0.5, 0.6) is 11.5 Å². The molecule has 0 saturated carbocycles. The first kappa shape index (κ1) is 20.7. The molecule has 0 heterocycles. The molecule has 0 aliphatic heterocycles. The minimum absolute atomic E-state index is 0.0325. The molecule has 29 heavy (non-hydrogen) atoms. The van der Waals surface area contributed by atoms with Crippen LogP contribution in [0.25, 0.3) is 0 Å². The Morgan fingerprint density at radius 1 is 0.655 bits per heavy atom. The second-order valence-electron chi connectivity index (χ2n) is 6.25. The largest absolute Gasteiger partial charge is 0.457 e. The number of nitrogens with one attached hydrogen (secondary N) is 2. The number of hydrogen-bond donors (Lipinski definition) is 2. The van der Waals surface area contributed by atoms with Gasteiger partial charge in [0.2, 0.25) is 0 Å². The van der Waals surface area contributed by atoms with Gasteiger partial charge in [0.25, 0.3) is 10.0 Å². The molecular weight excluding hydrogens is 412 g/mol. The van der Waals surface area contributed by atoms with Crippen molar-refractivity contribution in [3.63, 3.8) is 0 Å². The maximum absolute atomic E-state index is 12.5. The van der Waals surface area contributed by atoms with Crippen molar-refractivity contribution in [3.05, 3.63) is 72.8 Å². The first-order valence-corrected chi connectivity index (χ1v) is 11.9. The number of anilines is 2. The van der Waals surface area contributed by atoms with Crippen LogP contribution in [0.4, 0.5) is 11.4 Å². The van der Waals surface area contributed by atoms with Gasteiger partial charge in [-0.1, -0.05) is 0 Å². The normalized spacial score (nSPS) is 11.7. The highest BCUT2D eigenvalue weighted by atomic mass is 32.2. The van der Waals surface area contributed by atoms with Gasteiger partial charge in [-0.15, -0.1) is 0 Å². The number of sulfonamides is 1. The van der Waals surface area contributed by atoms with Gasteiger partial charge in [-0.3, -0.25) is 4.72 Å². The lowest BCUT2D eigenvalue weighted by molar-refractivity contribution is 0.483. The summed E-state index contributed by atoms with van der Waals surface area (Å²) in [6, 6.07) is 18.9. The summed E-state index contributed by atoms with van der Waals surface area (Å²) in [5.74, 6) is 1.21. The van der Waals surface area contributed by atoms with E-state index in [1.165, 1.54) is 24.3 Å². The van der Waals surface area contributed by atoms with Crippen molar-refractivity contribution < 1.29 is 21.6 Å². The van der Waals surface area contributed by atoms with Gasteiger partial charge in [0, 0.05) is 24.7 Å². The summed E-state index contributed by atoms with van der Waals surface area (Å²) in [7, 11) is -5.41. The molecule has 0 spiro atoms. The maximum atomic E-state index is 12.5. The summed E-state index contributed by atoms with van der Waals surface area (Å²) in [5, 5.41) is 3.02. The van der Waals surface area contributed by atoms with Crippen molar-refractivity contribution in [2.45, 2.75) is 9.79 Å². The van der Waals surface area contributed by atoms with E-state index in [2.05, 4.69) is 10.0 Å². The van der Waals surface area contributed by atoms with Gasteiger partial charge in [0.1, 0.15) is 11.5 Å². The fourth-order valence-electron chi connectivity index (χ4n) is 2.50. The summed E-state index contributed by atoms with van der Waals surface area (Å²) >= 11 is 0. The third-order valence-electron chi connectivity index (χ3n) is 4.05. The van der Waals surface area contributed by atoms with Crippen molar-refractivity contribution in [2.24, 2.45) is 0 Å². The molecule has 0 bridgehead atoms. The van der Waals surface area contributed by atoms with Crippen LogP contribution in [-0.4, -0.2) is 30.1 Å². The highest BCUT2D eigenvalue weighted by Gasteiger charge is 2.16. The van der Waals surface area contributed by atoms with Crippen molar-refractivity contribution in [1.82, 2.24) is 0 Å². The molecule has 0 atom stereocenters. The SMILES string of the molecule is CNc1ccc(Oc2ccc(NS(=O)(=O)c3ccc(S(C)(=O)=O)cc3)cc2)cc1. The Balaban J connectivity index is 1.71. The van der Waals surface area contributed by atoms with E-state index in [0.717, 1.165) is 11.9 Å². The second kappa shape index (κ2) is 8.14. The van der Waals surface area contributed by atoms with E-state index in [0.29, 0.717) is 17.2 Å². The maximum Gasteiger partial charge on any atom is 0.261 e. The lowest BCUT2D eigenvalue weighted by atomic mass is 10.3. The monoisotopic (exact) mass is 432 g/mol. The summed E-state index contributed by atoms with van der Waals surface area (Å²) in [6.07, 6.45) is 1.06. The van der Waals surface area contributed by atoms with Crippen molar-refractivity contribution >= 4 is 31.2 Å². The Morgan fingerprint density at radius 2 is 1.10 bits per heavy atom. The van der Waals surface area contributed by atoms with Crippen molar-refractivity contribution in [2.75, 3.05) is 23.3 Å². The summed E-state index contributed by atoms with van der Waals surface area (Å²) in [5.41, 5.74) is 1.32. The average Bonchev–Trinajstić information content (AvgIpc) is 2.69. The van der Waals surface area contributed by atoms with Crippen LogP contribution in [0, 0.1) is 0 Å².